The van der Waals surface area contributed by atoms with Gasteiger partial charge in [-0.05, 0) is 24.3 Å². The van der Waals surface area contributed by atoms with Crippen LogP contribution in [0.1, 0.15) is 5.82 Å². The van der Waals surface area contributed by atoms with E-state index in [4.69, 9.17) is 14.7 Å². The van der Waals surface area contributed by atoms with Gasteiger partial charge in [-0.1, -0.05) is 0 Å². The summed E-state index contributed by atoms with van der Waals surface area (Å²) in [7, 11) is 1.65. The zero-order valence-electron chi connectivity index (χ0n) is 18.7. The van der Waals surface area contributed by atoms with Gasteiger partial charge < -0.3 is 25.3 Å². The van der Waals surface area contributed by atoms with E-state index in [1.807, 2.05) is 34.9 Å². The Balaban J connectivity index is 1.37. The van der Waals surface area contributed by atoms with E-state index < -0.39 is 0 Å². The second-order valence-electron chi connectivity index (χ2n) is 8.03. The largest absolute Gasteiger partial charge is 0.497 e. The highest BCUT2D eigenvalue weighted by molar-refractivity contribution is 5.85. The van der Waals surface area contributed by atoms with Crippen LogP contribution in [0.5, 0.6) is 5.75 Å². The first-order valence-corrected chi connectivity index (χ1v) is 11.2. The predicted molar refractivity (Wildman–Crippen MR) is 130 cm³/mol. The summed E-state index contributed by atoms with van der Waals surface area (Å²) in [6.07, 6.45) is 5.31. The Kier molecular flexibility index (Phi) is 5.15. The highest BCUT2D eigenvalue weighted by Gasteiger charge is 2.19. The minimum atomic E-state index is 0.462. The second kappa shape index (κ2) is 8.60. The molecule has 1 aliphatic heterocycles. The smallest absolute Gasteiger partial charge is 0.229 e. The van der Waals surface area contributed by atoms with E-state index in [2.05, 4.69) is 35.5 Å². The van der Waals surface area contributed by atoms with E-state index in [0.29, 0.717) is 23.8 Å². The number of benzene rings is 1. The maximum absolute atomic E-state index is 5.31. The van der Waals surface area contributed by atoms with Crippen molar-refractivity contribution >= 4 is 34.0 Å². The van der Waals surface area contributed by atoms with Gasteiger partial charge in [0.05, 0.1) is 36.6 Å². The molecule has 4 aromatic heterocycles. The Labute approximate surface area is 195 Å². The van der Waals surface area contributed by atoms with Crippen molar-refractivity contribution in [2.75, 3.05) is 43.5 Å². The van der Waals surface area contributed by atoms with E-state index in [0.717, 1.165) is 60.1 Å². The molecule has 1 aromatic carbocycles. The number of nitrogens with zero attached hydrogens (tertiary/aromatic N) is 7. The van der Waals surface area contributed by atoms with Crippen LogP contribution in [-0.2, 0) is 6.54 Å². The number of hydrogen-bond donors (Lipinski definition) is 3. The number of methoxy groups -OCH3 is 1. The van der Waals surface area contributed by atoms with Crippen LogP contribution in [0.2, 0.25) is 0 Å². The molecule has 0 bridgehead atoms. The van der Waals surface area contributed by atoms with E-state index in [-0.39, 0.29) is 0 Å². The standard InChI is InChI=1S/C23H24N10O/c1-34-16-4-5-17-18(11-16)29-19(28-17)13-26-21-20-22(31-23(30-21)32-9-7-24-8-10-32)33(14-27-20)15-3-2-6-25-12-15/h2-6,11-12,14,24H,7-10,13H2,1H3,(H,28,29)(H,26,30,31). The number of aromatic nitrogens is 7. The monoisotopic (exact) mass is 456 g/mol. The lowest BCUT2D eigenvalue weighted by Crippen LogP contribution is -2.44. The molecule has 0 radical (unpaired) electrons. The third kappa shape index (κ3) is 3.75. The van der Waals surface area contributed by atoms with Crippen LogP contribution in [0, 0.1) is 0 Å². The van der Waals surface area contributed by atoms with Crippen molar-refractivity contribution in [1.82, 2.24) is 39.8 Å². The summed E-state index contributed by atoms with van der Waals surface area (Å²) in [6.45, 7) is 3.95. The molecule has 11 heteroatoms. The summed E-state index contributed by atoms with van der Waals surface area (Å²) < 4.78 is 7.25. The molecule has 3 N–H and O–H groups in total. The fourth-order valence-corrected chi connectivity index (χ4v) is 4.12. The Bertz CT molecular complexity index is 1440. The molecular weight excluding hydrogens is 432 g/mol. The molecule has 11 nitrogen and oxygen atoms in total. The lowest BCUT2D eigenvalue weighted by atomic mass is 10.3. The number of ether oxygens (including phenoxy) is 1. The quantitative estimate of drug-likeness (QED) is 0.353. The van der Waals surface area contributed by atoms with Gasteiger partial charge in [0.2, 0.25) is 5.95 Å². The van der Waals surface area contributed by atoms with Gasteiger partial charge in [-0.2, -0.15) is 9.97 Å². The SMILES string of the molecule is COc1ccc2nc(CNc3nc(N4CCNCC4)nc4c3ncn4-c3cccnc3)[nH]c2c1. The van der Waals surface area contributed by atoms with Gasteiger partial charge in [-0.15, -0.1) is 0 Å². The van der Waals surface area contributed by atoms with Crippen molar-refractivity contribution in [1.29, 1.82) is 0 Å². The van der Waals surface area contributed by atoms with Gasteiger partial charge in [-0.3, -0.25) is 9.55 Å². The molecule has 6 rings (SSSR count). The van der Waals surface area contributed by atoms with E-state index in [1.54, 1.807) is 25.8 Å². The summed E-state index contributed by atoms with van der Waals surface area (Å²) in [5, 5.41) is 6.80. The van der Waals surface area contributed by atoms with Crippen LogP contribution < -0.4 is 20.3 Å². The van der Waals surface area contributed by atoms with Crippen molar-refractivity contribution in [2.24, 2.45) is 0 Å². The molecule has 34 heavy (non-hydrogen) atoms. The van der Waals surface area contributed by atoms with Crippen molar-refractivity contribution < 1.29 is 4.74 Å². The zero-order chi connectivity index (χ0) is 22.9. The summed E-state index contributed by atoms with van der Waals surface area (Å²) in [5.41, 5.74) is 4.13. The Morgan fingerprint density at radius 2 is 2.03 bits per heavy atom. The number of nitrogens with one attached hydrogen (secondary N) is 3. The minimum Gasteiger partial charge on any atom is -0.497 e. The number of piperazine rings is 1. The minimum absolute atomic E-state index is 0.462. The predicted octanol–water partition coefficient (Wildman–Crippen LogP) is 2.12. The number of imidazole rings is 2. The zero-order valence-corrected chi connectivity index (χ0v) is 18.7. The average molecular weight is 457 g/mol. The first-order chi connectivity index (χ1) is 16.8. The summed E-state index contributed by atoms with van der Waals surface area (Å²) in [5.74, 6) is 2.93. The third-order valence-corrected chi connectivity index (χ3v) is 5.87. The van der Waals surface area contributed by atoms with Crippen molar-refractivity contribution in [3.8, 4) is 11.4 Å². The first kappa shape index (κ1) is 20.4. The van der Waals surface area contributed by atoms with Gasteiger partial charge in [0, 0.05) is 38.4 Å². The highest BCUT2D eigenvalue weighted by atomic mass is 16.5. The van der Waals surface area contributed by atoms with Crippen LogP contribution in [0.4, 0.5) is 11.8 Å². The fourth-order valence-electron chi connectivity index (χ4n) is 4.12. The number of pyridine rings is 1. The maximum atomic E-state index is 5.31. The molecule has 5 heterocycles. The molecule has 0 saturated carbocycles. The van der Waals surface area contributed by atoms with Gasteiger partial charge in [-0.25, -0.2) is 9.97 Å². The van der Waals surface area contributed by atoms with Crippen LogP contribution in [0.15, 0.2) is 49.1 Å². The highest BCUT2D eigenvalue weighted by Crippen LogP contribution is 2.26. The molecule has 0 atom stereocenters. The lowest BCUT2D eigenvalue weighted by Gasteiger charge is -2.27. The van der Waals surface area contributed by atoms with Gasteiger partial charge in [0.1, 0.15) is 17.9 Å². The molecule has 0 unspecified atom stereocenters. The summed E-state index contributed by atoms with van der Waals surface area (Å²) in [6, 6.07) is 9.66. The molecule has 0 amide bonds. The van der Waals surface area contributed by atoms with Gasteiger partial charge in [0.25, 0.3) is 0 Å². The summed E-state index contributed by atoms with van der Waals surface area (Å²) >= 11 is 0. The Morgan fingerprint density at radius 1 is 1.12 bits per heavy atom. The number of hydrogen-bond acceptors (Lipinski definition) is 9. The van der Waals surface area contributed by atoms with Crippen molar-refractivity contribution in [3.05, 3.63) is 54.9 Å². The normalized spacial score (nSPS) is 14.1. The second-order valence-corrected chi connectivity index (χ2v) is 8.03. The molecule has 0 aliphatic carbocycles. The maximum Gasteiger partial charge on any atom is 0.229 e. The number of H-pyrrole nitrogens is 1. The fraction of sp³-hybridized carbons (Fsp3) is 0.261. The topological polar surface area (TPSA) is 122 Å². The van der Waals surface area contributed by atoms with Gasteiger partial charge >= 0.3 is 0 Å². The molecule has 1 saturated heterocycles. The van der Waals surface area contributed by atoms with Gasteiger partial charge in [0.15, 0.2) is 17.0 Å². The first-order valence-electron chi connectivity index (χ1n) is 11.2. The summed E-state index contributed by atoms with van der Waals surface area (Å²) in [4.78, 5) is 28.8. The lowest BCUT2D eigenvalue weighted by molar-refractivity contribution is 0.415. The van der Waals surface area contributed by atoms with Crippen molar-refractivity contribution in [3.63, 3.8) is 0 Å². The average Bonchev–Trinajstić information content (AvgIpc) is 3.51. The molecule has 5 aromatic rings. The van der Waals surface area contributed by atoms with Crippen molar-refractivity contribution in [2.45, 2.75) is 6.54 Å². The molecular formula is C23H24N10O. The Morgan fingerprint density at radius 3 is 2.85 bits per heavy atom. The number of anilines is 2. The number of rotatable bonds is 6. The van der Waals surface area contributed by atoms with Crippen LogP contribution in [-0.4, -0.2) is 67.8 Å². The number of fused-ring (bicyclic) bond motifs is 2. The van der Waals surface area contributed by atoms with Crippen LogP contribution in [0.25, 0.3) is 27.9 Å². The van der Waals surface area contributed by atoms with Crippen LogP contribution >= 0.6 is 0 Å². The Hall–Kier alpha value is -4.25. The molecule has 1 fully saturated rings. The molecule has 0 spiro atoms. The molecule has 1 aliphatic rings. The molecule has 172 valence electrons. The van der Waals surface area contributed by atoms with E-state index in [9.17, 15) is 0 Å². The van der Waals surface area contributed by atoms with E-state index in [1.165, 1.54) is 0 Å². The number of aromatic amines is 1. The van der Waals surface area contributed by atoms with Crippen LogP contribution in [0.3, 0.4) is 0 Å². The van der Waals surface area contributed by atoms with E-state index >= 15 is 0 Å². The third-order valence-electron chi connectivity index (χ3n) is 5.87.